The third kappa shape index (κ3) is 2.99. The maximum absolute atomic E-state index is 10.1. The summed E-state index contributed by atoms with van der Waals surface area (Å²) in [5, 5.41) is 18.6. The number of nitrogens with zero attached hydrogens (tertiary/aromatic N) is 2. The molecule has 0 aromatic heterocycles. The van der Waals surface area contributed by atoms with Gasteiger partial charge in [0.1, 0.15) is 0 Å². The Hall–Kier alpha value is -1.76. The molecule has 4 nitrogen and oxygen atoms in total. The van der Waals surface area contributed by atoms with Gasteiger partial charge in [0.15, 0.2) is 0 Å². The molecule has 0 amide bonds. The normalized spacial score (nSPS) is 15.0. The third-order valence-corrected chi connectivity index (χ3v) is 1.74. The smallest absolute Gasteiger partial charge is 0.0989 e. The van der Waals surface area contributed by atoms with Crippen molar-refractivity contribution in [3.8, 4) is 6.07 Å². The Balaban J connectivity index is 2.36. The summed E-state index contributed by atoms with van der Waals surface area (Å²) in [6, 6.07) is 2.01. The number of allylic oxidation sites excluding steroid dienone is 2. The third-order valence-electron chi connectivity index (χ3n) is 1.74. The number of carbonyl (C=O) groups is 1. The van der Waals surface area contributed by atoms with Gasteiger partial charge in [0.2, 0.25) is 0 Å². The zero-order chi connectivity index (χ0) is 9.68. The Labute approximate surface area is 76.4 Å². The van der Waals surface area contributed by atoms with Crippen LogP contribution in [-0.4, -0.2) is 24.0 Å². The summed E-state index contributed by atoms with van der Waals surface area (Å²) in [6.07, 6.45) is 5.16. The first-order valence-electron chi connectivity index (χ1n) is 3.94. The van der Waals surface area contributed by atoms with Crippen LogP contribution in [0.3, 0.4) is 0 Å². The topological polar surface area (TPSA) is 67.2 Å². The van der Waals surface area contributed by atoms with Gasteiger partial charge in [-0.25, -0.2) is 0 Å². The van der Waals surface area contributed by atoms with Crippen molar-refractivity contribution < 1.29 is 9.90 Å². The molecule has 1 aliphatic heterocycles. The van der Waals surface area contributed by atoms with Gasteiger partial charge in [0, 0.05) is 31.7 Å². The molecule has 1 aliphatic rings. The minimum atomic E-state index is -1.05. The summed E-state index contributed by atoms with van der Waals surface area (Å²) in [7, 11) is 0. The number of aliphatic carboxylic acids is 1. The molecule has 0 bridgehead atoms. The molecule has 0 fully saturated rings. The molecule has 0 radical (unpaired) electrons. The lowest BCUT2D eigenvalue weighted by atomic mass is 10.2. The van der Waals surface area contributed by atoms with Gasteiger partial charge in [-0.3, -0.25) is 0 Å². The number of carboxylic acid groups (broad SMARTS) is 1. The van der Waals surface area contributed by atoms with Crippen molar-refractivity contribution in [3.05, 3.63) is 23.9 Å². The number of carboxylic acids is 1. The zero-order valence-electron chi connectivity index (χ0n) is 7.06. The van der Waals surface area contributed by atoms with Crippen LogP contribution in [0.25, 0.3) is 0 Å². The number of hydrogen-bond donors (Lipinski definition) is 0. The number of rotatable bonds is 3. The van der Waals surface area contributed by atoms with Crippen molar-refractivity contribution in [3.63, 3.8) is 0 Å². The van der Waals surface area contributed by atoms with Crippen LogP contribution in [0.1, 0.15) is 6.42 Å². The standard InChI is InChI=1S/C9H10N2O2/c10-7-8-1-4-11(5-2-8)6-3-9(12)13/h1-2,4H,3,5-6H2,(H,12,13)/p-1. The Morgan fingerprint density at radius 1 is 1.77 bits per heavy atom. The number of hydrogen-bond acceptors (Lipinski definition) is 4. The summed E-state index contributed by atoms with van der Waals surface area (Å²) in [5.41, 5.74) is 0.615. The molecule has 0 aliphatic carbocycles. The van der Waals surface area contributed by atoms with Crippen molar-refractivity contribution in [2.75, 3.05) is 13.1 Å². The average molecular weight is 177 g/mol. The Morgan fingerprint density at radius 3 is 3.00 bits per heavy atom. The average Bonchev–Trinajstić information content (AvgIpc) is 2.15. The molecule has 4 heteroatoms. The van der Waals surface area contributed by atoms with Gasteiger partial charge in [-0.05, 0) is 12.2 Å². The highest BCUT2D eigenvalue weighted by atomic mass is 16.4. The lowest BCUT2D eigenvalue weighted by Crippen LogP contribution is -2.29. The molecule has 0 saturated carbocycles. The van der Waals surface area contributed by atoms with E-state index in [-0.39, 0.29) is 6.42 Å². The predicted octanol–water partition coefficient (Wildman–Crippen LogP) is -0.594. The lowest BCUT2D eigenvalue weighted by Gasteiger charge is -2.21. The first-order chi connectivity index (χ1) is 6.22. The molecule has 0 unspecified atom stereocenters. The molecule has 0 spiro atoms. The van der Waals surface area contributed by atoms with Crippen LogP contribution in [0.4, 0.5) is 0 Å². The second kappa shape index (κ2) is 4.31. The van der Waals surface area contributed by atoms with Gasteiger partial charge in [-0.2, -0.15) is 5.26 Å². The van der Waals surface area contributed by atoms with Gasteiger partial charge < -0.3 is 14.8 Å². The first-order valence-corrected chi connectivity index (χ1v) is 3.94. The van der Waals surface area contributed by atoms with E-state index in [4.69, 9.17) is 5.26 Å². The molecule has 1 rings (SSSR count). The molecule has 0 saturated heterocycles. The van der Waals surface area contributed by atoms with Crippen molar-refractivity contribution in [2.45, 2.75) is 6.42 Å². The van der Waals surface area contributed by atoms with E-state index < -0.39 is 5.97 Å². The fourth-order valence-corrected chi connectivity index (χ4v) is 1.01. The van der Waals surface area contributed by atoms with Gasteiger partial charge in [0.05, 0.1) is 11.6 Å². The molecular formula is C9H9N2O2-. The van der Waals surface area contributed by atoms with Crippen LogP contribution >= 0.6 is 0 Å². The van der Waals surface area contributed by atoms with Crippen LogP contribution < -0.4 is 5.11 Å². The molecule has 68 valence electrons. The molecule has 1 heterocycles. The van der Waals surface area contributed by atoms with Crippen molar-refractivity contribution in [1.82, 2.24) is 4.90 Å². The Bertz CT molecular complexity index is 299. The van der Waals surface area contributed by atoms with Gasteiger partial charge in [-0.1, -0.05) is 0 Å². The van der Waals surface area contributed by atoms with Crippen LogP contribution in [0.5, 0.6) is 0 Å². The summed E-state index contributed by atoms with van der Waals surface area (Å²) in [5.74, 6) is -1.05. The highest BCUT2D eigenvalue weighted by molar-refractivity contribution is 5.64. The molecule has 0 N–H and O–H groups in total. The first kappa shape index (κ1) is 9.33. The van der Waals surface area contributed by atoms with Gasteiger partial charge in [0.25, 0.3) is 0 Å². The SMILES string of the molecule is N#CC1=CCN(CCC(=O)[O-])C=C1. The van der Waals surface area contributed by atoms with Crippen LogP contribution in [0.15, 0.2) is 23.9 Å². The van der Waals surface area contributed by atoms with Crippen LogP contribution in [0, 0.1) is 11.3 Å². The van der Waals surface area contributed by atoms with E-state index in [1.807, 2.05) is 11.0 Å². The lowest BCUT2D eigenvalue weighted by molar-refractivity contribution is -0.305. The summed E-state index contributed by atoms with van der Waals surface area (Å²) in [4.78, 5) is 11.9. The Kier molecular flexibility index (Phi) is 3.09. The van der Waals surface area contributed by atoms with E-state index in [1.165, 1.54) is 0 Å². The van der Waals surface area contributed by atoms with E-state index in [9.17, 15) is 9.90 Å². The van der Waals surface area contributed by atoms with Crippen LogP contribution in [-0.2, 0) is 4.79 Å². The second-order valence-corrected chi connectivity index (χ2v) is 2.70. The molecule has 0 aromatic rings. The molecular weight excluding hydrogens is 168 g/mol. The van der Waals surface area contributed by atoms with Crippen LogP contribution in [0.2, 0.25) is 0 Å². The molecule has 0 aromatic carbocycles. The van der Waals surface area contributed by atoms with Crippen molar-refractivity contribution >= 4 is 5.97 Å². The number of carbonyl (C=O) groups excluding carboxylic acids is 1. The van der Waals surface area contributed by atoms with Crippen molar-refractivity contribution in [2.24, 2.45) is 0 Å². The van der Waals surface area contributed by atoms with E-state index in [1.54, 1.807) is 18.4 Å². The summed E-state index contributed by atoms with van der Waals surface area (Å²) < 4.78 is 0. The van der Waals surface area contributed by atoms with Gasteiger partial charge in [-0.15, -0.1) is 0 Å². The van der Waals surface area contributed by atoms with Crippen molar-refractivity contribution in [1.29, 1.82) is 5.26 Å². The monoisotopic (exact) mass is 177 g/mol. The number of nitriles is 1. The maximum atomic E-state index is 10.1. The van der Waals surface area contributed by atoms with E-state index in [2.05, 4.69) is 0 Å². The summed E-state index contributed by atoms with van der Waals surface area (Å²) in [6.45, 7) is 1.01. The minimum Gasteiger partial charge on any atom is -0.550 e. The molecule has 13 heavy (non-hydrogen) atoms. The highest BCUT2D eigenvalue weighted by Crippen LogP contribution is 2.05. The zero-order valence-corrected chi connectivity index (χ0v) is 7.06. The van der Waals surface area contributed by atoms with E-state index >= 15 is 0 Å². The minimum absolute atomic E-state index is 0.0140. The largest absolute Gasteiger partial charge is 0.550 e. The second-order valence-electron chi connectivity index (χ2n) is 2.70. The van der Waals surface area contributed by atoms with Gasteiger partial charge >= 0.3 is 0 Å². The maximum Gasteiger partial charge on any atom is 0.0989 e. The summed E-state index contributed by atoms with van der Waals surface area (Å²) >= 11 is 0. The fourth-order valence-electron chi connectivity index (χ4n) is 1.01. The molecule has 0 atom stereocenters. The quantitative estimate of drug-likeness (QED) is 0.577. The highest BCUT2D eigenvalue weighted by Gasteiger charge is 2.03. The Morgan fingerprint density at radius 2 is 2.54 bits per heavy atom. The predicted molar refractivity (Wildman–Crippen MR) is 44.0 cm³/mol. The van der Waals surface area contributed by atoms with E-state index in [0.717, 1.165) is 0 Å². The van der Waals surface area contributed by atoms with E-state index in [0.29, 0.717) is 18.7 Å². The fraction of sp³-hybridized carbons (Fsp3) is 0.333.